The molecule has 0 spiro atoms. The van der Waals surface area contributed by atoms with E-state index in [1.54, 1.807) is 11.8 Å². The van der Waals surface area contributed by atoms with Crippen molar-refractivity contribution in [2.24, 2.45) is 4.99 Å². The fourth-order valence-corrected chi connectivity index (χ4v) is 4.03. The molecule has 0 amide bonds. The fourth-order valence-electron chi connectivity index (χ4n) is 3.14. The molecule has 1 aliphatic heterocycles. The van der Waals surface area contributed by atoms with Gasteiger partial charge in [-0.25, -0.2) is 9.98 Å². The van der Waals surface area contributed by atoms with Crippen LogP contribution in [-0.4, -0.2) is 55.6 Å². The Morgan fingerprint density at radius 3 is 2.84 bits per heavy atom. The minimum atomic E-state index is 0. The first-order chi connectivity index (χ1) is 14.6. The molecule has 1 aliphatic rings. The van der Waals surface area contributed by atoms with Crippen LogP contribution in [0, 0.1) is 0 Å². The zero-order chi connectivity index (χ0) is 21.2. The lowest BCUT2D eigenvalue weighted by molar-refractivity contribution is 0.0529. The maximum Gasteiger partial charge on any atom is 0.191 e. The second-order valence-corrected chi connectivity index (χ2v) is 8.68. The quantitative estimate of drug-likeness (QED) is 0.160. The van der Waals surface area contributed by atoms with Gasteiger partial charge in [0.2, 0.25) is 0 Å². The number of morpholine rings is 1. The SMILES string of the molecule is CCNC(=NCc1ccnc(N2CCOC(C)C2)c1)NCCSc1ccc(Cl)cc1.I. The Hall–Kier alpha value is -1.23. The molecule has 2 N–H and O–H groups in total. The number of pyridine rings is 1. The smallest absolute Gasteiger partial charge is 0.191 e. The number of ether oxygens (including phenoxy) is 1. The Balaban J connectivity index is 0.00000341. The Labute approximate surface area is 211 Å². The Morgan fingerprint density at radius 1 is 1.29 bits per heavy atom. The van der Waals surface area contributed by atoms with Crippen molar-refractivity contribution in [3.63, 3.8) is 0 Å². The number of nitrogens with zero attached hydrogens (tertiary/aromatic N) is 3. The zero-order valence-electron chi connectivity index (χ0n) is 18.0. The van der Waals surface area contributed by atoms with Gasteiger partial charge in [0.25, 0.3) is 0 Å². The van der Waals surface area contributed by atoms with E-state index in [0.29, 0.717) is 6.54 Å². The number of guanidine groups is 1. The molecule has 170 valence electrons. The molecule has 1 unspecified atom stereocenters. The van der Waals surface area contributed by atoms with Crippen molar-refractivity contribution < 1.29 is 4.74 Å². The normalized spacial score (nSPS) is 16.5. The highest BCUT2D eigenvalue weighted by atomic mass is 127. The molecule has 0 radical (unpaired) electrons. The summed E-state index contributed by atoms with van der Waals surface area (Å²) < 4.78 is 5.63. The van der Waals surface area contributed by atoms with Crippen molar-refractivity contribution in [2.75, 3.05) is 43.4 Å². The Morgan fingerprint density at radius 2 is 2.10 bits per heavy atom. The predicted octanol–water partition coefficient (Wildman–Crippen LogP) is 4.43. The molecule has 1 atom stereocenters. The number of benzene rings is 1. The predicted molar refractivity (Wildman–Crippen MR) is 142 cm³/mol. The van der Waals surface area contributed by atoms with Gasteiger partial charge in [0.15, 0.2) is 5.96 Å². The number of hydrogen-bond donors (Lipinski definition) is 2. The number of aliphatic imine (C=N–C) groups is 1. The molecule has 9 heteroatoms. The highest BCUT2D eigenvalue weighted by Gasteiger charge is 2.17. The molecule has 2 aromatic rings. The van der Waals surface area contributed by atoms with Gasteiger partial charge >= 0.3 is 0 Å². The molecule has 0 saturated carbocycles. The van der Waals surface area contributed by atoms with Gasteiger partial charge in [-0.2, -0.15) is 0 Å². The lowest BCUT2D eigenvalue weighted by atomic mass is 10.2. The van der Waals surface area contributed by atoms with E-state index in [4.69, 9.17) is 21.3 Å². The van der Waals surface area contributed by atoms with Gasteiger partial charge in [0.1, 0.15) is 5.82 Å². The van der Waals surface area contributed by atoms with E-state index in [1.807, 2.05) is 36.5 Å². The lowest BCUT2D eigenvalue weighted by Crippen LogP contribution is -2.41. The summed E-state index contributed by atoms with van der Waals surface area (Å²) in [5.41, 5.74) is 1.15. The van der Waals surface area contributed by atoms with Gasteiger partial charge in [-0.3, -0.25) is 0 Å². The van der Waals surface area contributed by atoms with Gasteiger partial charge < -0.3 is 20.3 Å². The van der Waals surface area contributed by atoms with Gasteiger partial charge in [-0.05, 0) is 55.8 Å². The van der Waals surface area contributed by atoms with Crippen LogP contribution in [0.2, 0.25) is 5.02 Å². The topological polar surface area (TPSA) is 61.8 Å². The third kappa shape index (κ3) is 9.03. The van der Waals surface area contributed by atoms with Crippen LogP contribution in [0.15, 0.2) is 52.5 Å². The number of thioether (sulfide) groups is 1. The van der Waals surface area contributed by atoms with E-state index in [0.717, 1.165) is 60.9 Å². The molecular weight excluding hydrogens is 545 g/mol. The third-order valence-corrected chi connectivity index (χ3v) is 5.88. The molecule has 1 aromatic heterocycles. The van der Waals surface area contributed by atoms with E-state index in [9.17, 15) is 0 Å². The number of nitrogens with one attached hydrogen (secondary N) is 2. The first-order valence-electron chi connectivity index (χ1n) is 10.4. The Bertz CT molecular complexity index is 824. The van der Waals surface area contributed by atoms with E-state index in [1.165, 1.54) is 4.90 Å². The standard InChI is InChI=1S/C22H30ClN5OS.HI/c1-3-24-22(26-10-13-30-20-6-4-19(23)5-7-20)27-15-18-8-9-25-21(14-18)28-11-12-29-17(2)16-28;/h4-9,14,17H,3,10-13,15-16H2,1-2H3,(H2,24,26,27);1H. The minimum Gasteiger partial charge on any atom is -0.375 e. The molecular formula is C22H31ClIN5OS. The number of rotatable bonds is 8. The van der Waals surface area contributed by atoms with E-state index < -0.39 is 0 Å². The number of aromatic nitrogens is 1. The molecule has 31 heavy (non-hydrogen) atoms. The minimum absolute atomic E-state index is 0. The molecule has 3 rings (SSSR count). The lowest BCUT2D eigenvalue weighted by Gasteiger charge is -2.32. The summed E-state index contributed by atoms with van der Waals surface area (Å²) in [4.78, 5) is 12.8. The van der Waals surface area contributed by atoms with Crippen LogP contribution in [0.25, 0.3) is 0 Å². The maximum absolute atomic E-state index is 5.94. The first kappa shape index (κ1) is 26.0. The average Bonchev–Trinajstić information content (AvgIpc) is 2.76. The van der Waals surface area contributed by atoms with E-state index in [-0.39, 0.29) is 30.1 Å². The highest BCUT2D eigenvalue weighted by molar-refractivity contribution is 14.0. The third-order valence-electron chi connectivity index (χ3n) is 4.62. The Kier molecular flexibility index (Phi) is 11.8. The maximum atomic E-state index is 5.94. The van der Waals surface area contributed by atoms with Crippen molar-refractivity contribution in [1.82, 2.24) is 15.6 Å². The summed E-state index contributed by atoms with van der Waals surface area (Å²) in [6.07, 6.45) is 2.10. The highest BCUT2D eigenvalue weighted by Crippen LogP contribution is 2.20. The van der Waals surface area contributed by atoms with Crippen molar-refractivity contribution in [3.8, 4) is 0 Å². The van der Waals surface area contributed by atoms with Crippen LogP contribution in [0.1, 0.15) is 19.4 Å². The number of halogens is 2. The number of anilines is 1. The molecule has 6 nitrogen and oxygen atoms in total. The van der Waals surface area contributed by atoms with Gasteiger partial charge in [0.05, 0.1) is 19.3 Å². The molecule has 0 bridgehead atoms. The van der Waals surface area contributed by atoms with Crippen LogP contribution in [0.3, 0.4) is 0 Å². The molecule has 1 aromatic carbocycles. The van der Waals surface area contributed by atoms with Crippen LogP contribution < -0.4 is 15.5 Å². The van der Waals surface area contributed by atoms with E-state index >= 15 is 0 Å². The van der Waals surface area contributed by atoms with Crippen LogP contribution in [0.5, 0.6) is 0 Å². The summed E-state index contributed by atoms with van der Waals surface area (Å²) in [5.74, 6) is 2.77. The molecule has 1 fully saturated rings. The summed E-state index contributed by atoms with van der Waals surface area (Å²) in [6, 6.07) is 12.1. The second-order valence-electron chi connectivity index (χ2n) is 7.07. The van der Waals surface area contributed by atoms with E-state index in [2.05, 4.69) is 40.4 Å². The fraction of sp³-hybridized carbons (Fsp3) is 0.455. The average molecular weight is 576 g/mol. The van der Waals surface area contributed by atoms with Crippen molar-refractivity contribution in [2.45, 2.75) is 31.4 Å². The van der Waals surface area contributed by atoms with Crippen LogP contribution >= 0.6 is 47.3 Å². The van der Waals surface area contributed by atoms with Gasteiger partial charge in [-0.15, -0.1) is 35.7 Å². The van der Waals surface area contributed by atoms with Crippen molar-refractivity contribution in [1.29, 1.82) is 0 Å². The molecule has 2 heterocycles. The number of hydrogen-bond acceptors (Lipinski definition) is 5. The molecule has 0 aliphatic carbocycles. The largest absolute Gasteiger partial charge is 0.375 e. The summed E-state index contributed by atoms with van der Waals surface area (Å²) in [7, 11) is 0. The second kappa shape index (κ2) is 14.0. The van der Waals surface area contributed by atoms with Gasteiger partial charge in [0, 0.05) is 48.0 Å². The van der Waals surface area contributed by atoms with Crippen LogP contribution in [-0.2, 0) is 11.3 Å². The van der Waals surface area contributed by atoms with Crippen molar-refractivity contribution >= 4 is 59.1 Å². The monoisotopic (exact) mass is 575 g/mol. The first-order valence-corrected chi connectivity index (χ1v) is 11.7. The van der Waals surface area contributed by atoms with Crippen molar-refractivity contribution in [3.05, 3.63) is 53.2 Å². The molecule has 1 saturated heterocycles. The summed E-state index contributed by atoms with van der Waals surface area (Å²) in [5, 5.41) is 7.48. The van der Waals surface area contributed by atoms with Gasteiger partial charge in [-0.1, -0.05) is 11.6 Å². The zero-order valence-corrected chi connectivity index (χ0v) is 21.9. The van der Waals surface area contributed by atoms with Crippen LogP contribution in [0.4, 0.5) is 5.82 Å². The summed E-state index contributed by atoms with van der Waals surface area (Å²) in [6.45, 7) is 8.91. The summed E-state index contributed by atoms with van der Waals surface area (Å²) >= 11 is 7.73.